The number of thiophene rings is 1. The fourth-order valence-corrected chi connectivity index (χ4v) is 4.61. The van der Waals surface area contributed by atoms with Gasteiger partial charge in [-0.2, -0.15) is 0 Å². The second-order valence-electron chi connectivity index (χ2n) is 5.98. The second-order valence-corrected chi connectivity index (χ2v) is 8.94. The Labute approximate surface area is 162 Å². The van der Waals surface area contributed by atoms with Crippen LogP contribution in [0.4, 0.5) is 0 Å². The van der Waals surface area contributed by atoms with Crippen LogP contribution in [0.25, 0.3) is 0 Å². The fraction of sp³-hybridized carbons (Fsp3) is 0.412. The van der Waals surface area contributed by atoms with E-state index in [0.29, 0.717) is 17.0 Å². The molecule has 0 spiro atoms. The number of aliphatic hydroxyl groups is 4. The molecule has 2 aromatic rings. The van der Waals surface area contributed by atoms with Crippen molar-refractivity contribution < 1.29 is 25.2 Å². The van der Waals surface area contributed by atoms with Crippen LogP contribution in [0.3, 0.4) is 0 Å². The third-order valence-electron chi connectivity index (χ3n) is 4.28. The minimum Gasteiger partial charge on any atom is -0.394 e. The maximum Gasteiger partial charge on any atom is 0.113 e. The van der Waals surface area contributed by atoms with Crippen molar-refractivity contribution in [1.82, 2.24) is 0 Å². The van der Waals surface area contributed by atoms with Gasteiger partial charge in [0.1, 0.15) is 30.5 Å². The molecule has 5 nitrogen and oxygen atoms in total. The van der Waals surface area contributed by atoms with E-state index in [9.17, 15) is 20.4 Å². The van der Waals surface area contributed by atoms with Gasteiger partial charge in [-0.1, -0.05) is 23.7 Å². The summed E-state index contributed by atoms with van der Waals surface area (Å²) in [6, 6.07) is 9.23. The Balaban J connectivity index is 1.88. The van der Waals surface area contributed by atoms with E-state index in [2.05, 4.69) is 15.9 Å². The molecule has 0 amide bonds. The van der Waals surface area contributed by atoms with Crippen LogP contribution in [0.1, 0.15) is 22.1 Å². The highest BCUT2D eigenvalue weighted by Crippen LogP contribution is 2.35. The summed E-state index contributed by atoms with van der Waals surface area (Å²) in [4.78, 5) is 1.12. The number of hydrogen-bond donors (Lipinski definition) is 4. The van der Waals surface area contributed by atoms with Crippen LogP contribution in [-0.4, -0.2) is 51.4 Å². The summed E-state index contributed by atoms with van der Waals surface area (Å²) in [7, 11) is 0. The van der Waals surface area contributed by atoms with Gasteiger partial charge in [0, 0.05) is 16.3 Å². The second kappa shape index (κ2) is 8.02. The molecule has 1 unspecified atom stereocenters. The Morgan fingerprint density at radius 2 is 1.84 bits per heavy atom. The Hall–Kier alpha value is -0.510. The van der Waals surface area contributed by atoms with Crippen LogP contribution >= 0.6 is 38.9 Å². The van der Waals surface area contributed by atoms with E-state index in [0.717, 1.165) is 14.2 Å². The Morgan fingerprint density at radius 3 is 2.48 bits per heavy atom. The molecule has 2 heterocycles. The third-order valence-corrected chi connectivity index (χ3v) is 6.28. The molecule has 8 heteroatoms. The molecule has 1 fully saturated rings. The highest BCUT2D eigenvalue weighted by molar-refractivity contribution is 9.11. The van der Waals surface area contributed by atoms with Gasteiger partial charge in [0.05, 0.1) is 10.4 Å². The van der Waals surface area contributed by atoms with E-state index in [1.165, 1.54) is 0 Å². The molecule has 5 atom stereocenters. The summed E-state index contributed by atoms with van der Waals surface area (Å²) >= 11 is 11.3. The zero-order valence-corrected chi connectivity index (χ0v) is 16.2. The molecular weight excluding hydrogens is 432 g/mol. The zero-order chi connectivity index (χ0) is 18.1. The zero-order valence-electron chi connectivity index (χ0n) is 13.0. The SMILES string of the molecule is OC[C@@H]1OC(c2ccc(Cl)c(Cc3ccc(Br)s3)c2)[C@H](O)[C@@H](O)[C@@H]1O. The van der Waals surface area contributed by atoms with Crippen molar-refractivity contribution in [2.45, 2.75) is 36.9 Å². The molecule has 1 aliphatic heterocycles. The number of benzene rings is 1. The number of ether oxygens (including phenoxy) is 1. The first-order valence-electron chi connectivity index (χ1n) is 7.73. The molecule has 0 aliphatic carbocycles. The quantitative estimate of drug-likeness (QED) is 0.575. The fourth-order valence-electron chi connectivity index (χ4n) is 2.92. The molecule has 3 rings (SSSR count). The predicted molar refractivity (Wildman–Crippen MR) is 99.0 cm³/mol. The molecule has 25 heavy (non-hydrogen) atoms. The number of aliphatic hydroxyl groups excluding tert-OH is 4. The van der Waals surface area contributed by atoms with E-state index in [1.54, 1.807) is 23.5 Å². The van der Waals surface area contributed by atoms with Crippen molar-refractivity contribution in [3.05, 3.63) is 55.1 Å². The third kappa shape index (κ3) is 4.09. The van der Waals surface area contributed by atoms with Crippen molar-refractivity contribution >= 4 is 38.9 Å². The lowest BCUT2D eigenvalue weighted by molar-refractivity contribution is -0.231. The first-order valence-corrected chi connectivity index (χ1v) is 9.72. The molecule has 136 valence electrons. The smallest absolute Gasteiger partial charge is 0.113 e. The number of hydrogen-bond acceptors (Lipinski definition) is 6. The van der Waals surface area contributed by atoms with Gasteiger partial charge >= 0.3 is 0 Å². The van der Waals surface area contributed by atoms with Crippen molar-refractivity contribution in [1.29, 1.82) is 0 Å². The van der Waals surface area contributed by atoms with Gasteiger partial charge in [0.2, 0.25) is 0 Å². The molecule has 0 saturated carbocycles. The minimum absolute atomic E-state index is 0.453. The molecule has 1 aromatic heterocycles. The lowest BCUT2D eigenvalue weighted by atomic mass is 9.90. The molecule has 1 aliphatic rings. The van der Waals surface area contributed by atoms with Crippen LogP contribution in [0, 0.1) is 0 Å². The van der Waals surface area contributed by atoms with Gasteiger partial charge in [-0.25, -0.2) is 0 Å². The van der Waals surface area contributed by atoms with Gasteiger partial charge in [0.25, 0.3) is 0 Å². The molecule has 1 aromatic carbocycles. The van der Waals surface area contributed by atoms with Gasteiger partial charge in [0.15, 0.2) is 0 Å². The monoisotopic (exact) mass is 448 g/mol. The van der Waals surface area contributed by atoms with Crippen molar-refractivity contribution in [3.63, 3.8) is 0 Å². The molecule has 0 bridgehead atoms. The van der Waals surface area contributed by atoms with Crippen molar-refractivity contribution in [2.24, 2.45) is 0 Å². The lowest BCUT2D eigenvalue weighted by Crippen LogP contribution is -2.55. The van der Waals surface area contributed by atoms with Crippen molar-refractivity contribution in [3.8, 4) is 0 Å². The highest BCUT2D eigenvalue weighted by Gasteiger charge is 2.43. The van der Waals surface area contributed by atoms with E-state index >= 15 is 0 Å². The molecule has 1 saturated heterocycles. The number of halogens is 2. The highest BCUT2D eigenvalue weighted by atomic mass is 79.9. The lowest BCUT2D eigenvalue weighted by Gasteiger charge is -2.40. The van der Waals surface area contributed by atoms with E-state index < -0.39 is 37.1 Å². The standard InChI is InChI=1S/C17H18BrClO5S/c18-13-4-2-10(25-13)6-9-5-8(1-3-11(9)19)17-16(23)15(22)14(21)12(7-20)24-17/h1-5,12,14-17,20-23H,6-7H2/t12-,14+,15-,16+,17?/m0/s1. The molecule has 0 radical (unpaired) electrons. The minimum atomic E-state index is -1.40. The van der Waals surface area contributed by atoms with Crippen LogP contribution < -0.4 is 0 Å². The topological polar surface area (TPSA) is 90.2 Å². The predicted octanol–water partition coefficient (Wildman–Crippen LogP) is 2.27. The molecule has 4 N–H and O–H groups in total. The molecular formula is C17H18BrClO5S. The maximum atomic E-state index is 10.3. The van der Waals surface area contributed by atoms with E-state index in [1.807, 2.05) is 18.2 Å². The van der Waals surface area contributed by atoms with Crippen LogP contribution in [0.2, 0.25) is 5.02 Å². The summed E-state index contributed by atoms with van der Waals surface area (Å²) in [6.07, 6.45) is -5.24. The van der Waals surface area contributed by atoms with Crippen LogP contribution in [0.5, 0.6) is 0 Å². The largest absolute Gasteiger partial charge is 0.394 e. The maximum absolute atomic E-state index is 10.3. The van der Waals surface area contributed by atoms with E-state index in [-0.39, 0.29) is 0 Å². The summed E-state index contributed by atoms with van der Waals surface area (Å²) in [5.41, 5.74) is 1.50. The van der Waals surface area contributed by atoms with Gasteiger partial charge < -0.3 is 25.2 Å². The van der Waals surface area contributed by atoms with Gasteiger partial charge in [-0.05, 0) is 45.3 Å². The first kappa shape index (κ1) is 19.3. The summed E-state index contributed by atoms with van der Waals surface area (Å²) in [5, 5.41) is 40.1. The summed E-state index contributed by atoms with van der Waals surface area (Å²) in [6.45, 7) is -0.453. The number of rotatable bonds is 4. The Kier molecular flexibility index (Phi) is 6.18. The first-order chi connectivity index (χ1) is 11.9. The van der Waals surface area contributed by atoms with Gasteiger partial charge in [-0.3, -0.25) is 0 Å². The Bertz CT molecular complexity index is 738. The average molecular weight is 450 g/mol. The van der Waals surface area contributed by atoms with Crippen LogP contribution in [-0.2, 0) is 11.2 Å². The van der Waals surface area contributed by atoms with E-state index in [4.69, 9.17) is 16.3 Å². The Morgan fingerprint density at radius 1 is 1.08 bits per heavy atom. The summed E-state index contributed by atoms with van der Waals surface area (Å²) < 4.78 is 6.64. The van der Waals surface area contributed by atoms with Crippen molar-refractivity contribution in [2.75, 3.05) is 6.61 Å². The normalized spacial score (nSPS) is 29.8. The van der Waals surface area contributed by atoms with Crippen LogP contribution in [0.15, 0.2) is 34.1 Å². The average Bonchev–Trinajstić information content (AvgIpc) is 3.00. The van der Waals surface area contributed by atoms with Gasteiger partial charge in [-0.15, -0.1) is 11.3 Å². The summed E-state index contributed by atoms with van der Waals surface area (Å²) in [5.74, 6) is 0.